The van der Waals surface area contributed by atoms with Crippen LogP contribution in [0.1, 0.15) is 57.9 Å². The van der Waals surface area contributed by atoms with Crippen LogP contribution < -0.4 is 4.90 Å². The van der Waals surface area contributed by atoms with Crippen molar-refractivity contribution < 1.29 is 0 Å². The first-order valence-electron chi connectivity index (χ1n) is 18.5. The molecular formula is C45H45N7. The average molecular weight is 684 g/mol. The van der Waals surface area contributed by atoms with Crippen molar-refractivity contribution in [2.24, 2.45) is 36.6 Å². The molecule has 1 aliphatic carbocycles. The van der Waals surface area contributed by atoms with E-state index in [1.165, 1.54) is 48.1 Å². The summed E-state index contributed by atoms with van der Waals surface area (Å²) in [5.41, 5.74) is 9.71. The molecule has 0 unspecified atom stereocenters. The minimum Gasteiger partial charge on any atom is -0.372 e. The van der Waals surface area contributed by atoms with Crippen LogP contribution in [0.2, 0.25) is 0 Å². The summed E-state index contributed by atoms with van der Waals surface area (Å²) in [4.78, 5) is 2.30. The Labute approximate surface area is 306 Å². The fourth-order valence-corrected chi connectivity index (χ4v) is 6.95. The van der Waals surface area contributed by atoms with Gasteiger partial charge in [-0.15, -0.1) is 10.2 Å². The normalized spacial score (nSPS) is 16.4. The quantitative estimate of drug-likeness (QED) is 0.125. The summed E-state index contributed by atoms with van der Waals surface area (Å²) in [6.45, 7) is 8.63. The van der Waals surface area contributed by atoms with Crippen molar-refractivity contribution in [2.45, 2.75) is 52.4 Å². The Bertz CT molecular complexity index is 2160. The second kappa shape index (κ2) is 16.5. The third-order valence-corrected chi connectivity index (χ3v) is 10.1. The molecule has 0 bridgehead atoms. The summed E-state index contributed by atoms with van der Waals surface area (Å²) in [7, 11) is 0. The van der Waals surface area contributed by atoms with Crippen LogP contribution in [-0.2, 0) is 0 Å². The van der Waals surface area contributed by atoms with Gasteiger partial charge in [0.1, 0.15) is 0 Å². The first-order chi connectivity index (χ1) is 25.6. The van der Waals surface area contributed by atoms with Gasteiger partial charge in [-0.05, 0) is 128 Å². The van der Waals surface area contributed by atoms with E-state index in [1.54, 1.807) is 0 Å². The number of anilines is 1. The van der Waals surface area contributed by atoms with E-state index in [0.29, 0.717) is 5.92 Å². The maximum absolute atomic E-state index is 4.59. The zero-order valence-corrected chi connectivity index (χ0v) is 30.2. The number of benzene rings is 6. The maximum Gasteiger partial charge on any atom is 0.0936 e. The van der Waals surface area contributed by atoms with Gasteiger partial charge in [0.25, 0.3) is 0 Å². The van der Waals surface area contributed by atoms with Crippen LogP contribution in [0.15, 0.2) is 164 Å². The first-order valence-corrected chi connectivity index (χ1v) is 18.5. The zero-order chi connectivity index (χ0) is 35.7. The number of hydrogen-bond donors (Lipinski definition) is 0. The van der Waals surface area contributed by atoms with Gasteiger partial charge in [0, 0.05) is 29.5 Å². The van der Waals surface area contributed by atoms with Gasteiger partial charge in [0.05, 0.1) is 34.1 Å². The Morgan fingerprint density at radius 3 is 1.33 bits per heavy atom. The smallest absolute Gasteiger partial charge is 0.0936 e. The molecule has 1 aliphatic rings. The summed E-state index contributed by atoms with van der Waals surface area (Å²) in [5, 5.41) is 29.0. The summed E-state index contributed by atoms with van der Waals surface area (Å²) in [5.74, 6) is 1.58. The third-order valence-electron chi connectivity index (χ3n) is 10.1. The SMILES string of the molecule is CCN(CC)c1ccc(N=Nc2ccc(N=Nc3ccc(N=Nc4ccc(-c5ccc(C6CCC(C)CC6)cc5)cc4)cc3)c3ccccc23)cc1. The summed E-state index contributed by atoms with van der Waals surface area (Å²) in [6.07, 6.45) is 5.30. The molecule has 0 atom stereocenters. The molecule has 7 rings (SSSR count). The van der Waals surface area contributed by atoms with Crippen LogP contribution >= 0.6 is 0 Å². The van der Waals surface area contributed by atoms with E-state index < -0.39 is 0 Å². The molecule has 1 saturated carbocycles. The average Bonchev–Trinajstić information content (AvgIpc) is 3.20. The van der Waals surface area contributed by atoms with Crippen LogP contribution in [-0.4, -0.2) is 13.1 Å². The van der Waals surface area contributed by atoms with E-state index in [4.69, 9.17) is 0 Å². The molecule has 260 valence electrons. The zero-order valence-electron chi connectivity index (χ0n) is 30.2. The van der Waals surface area contributed by atoms with Crippen molar-refractivity contribution in [3.8, 4) is 11.1 Å². The first kappa shape index (κ1) is 34.6. The van der Waals surface area contributed by atoms with E-state index in [0.717, 1.165) is 63.9 Å². The number of nitrogens with zero attached hydrogens (tertiary/aromatic N) is 7. The lowest BCUT2D eigenvalue weighted by Crippen LogP contribution is -2.21. The maximum atomic E-state index is 4.59. The molecule has 0 heterocycles. The highest BCUT2D eigenvalue weighted by molar-refractivity contribution is 5.99. The molecular weight excluding hydrogens is 639 g/mol. The highest BCUT2D eigenvalue weighted by atomic mass is 15.1. The van der Waals surface area contributed by atoms with Gasteiger partial charge in [0.2, 0.25) is 0 Å². The molecule has 0 aliphatic heterocycles. The van der Waals surface area contributed by atoms with Crippen molar-refractivity contribution >= 4 is 50.6 Å². The Balaban J connectivity index is 0.975. The molecule has 0 radical (unpaired) electrons. The van der Waals surface area contributed by atoms with Crippen molar-refractivity contribution in [3.05, 3.63) is 139 Å². The van der Waals surface area contributed by atoms with Crippen LogP contribution in [0.25, 0.3) is 21.9 Å². The molecule has 52 heavy (non-hydrogen) atoms. The molecule has 0 saturated heterocycles. The lowest BCUT2D eigenvalue weighted by Gasteiger charge is -2.26. The second-order valence-corrected chi connectivity index (χ2v) is 13.6. The van der Waals surface area contributed by atoms with Crippen LogP contribution in [0.3, 0.4) is 0 Å². The van der Waals surface area contributed by atoms with Gasteiger partial charge in [-0.2, -0.15) is 20.5 Å². The van der Waals surface area contributed by atoms with E-state index in [-0.39, 0.29) is 0 Å². The van der Waals surface area contributed by atoms with Crippen molar-refractivity contribution in [1.82, 2.24) is 0 Å². The van der Waals surface area contributed by atoms with E-state index in [1.807, 2.05) is 84.9 Å². The summed E-state index contributed by atoms with van der Waals surface area (Å²) in [6, 6.07) is 45.1. The molecule has 0 N–H and O–H groups in total. The van der Waals surface area contributed by atoms with Gasteiger partial charge in [-0.3, -0.25) is 0 Å². The topological polar surface area (TPSA) is 77.4 Å². The monoisotopic (exact) mass is 683 g/mol. The predicted octanol–water partition coefficient (Wildman–Crippen LogP) is 14.9. The Morgan fingerprint density at radius 2 is 0.865 bits per heavy atom. The minimum absolute atomic E-state index is 0.708. The number of azo groups is 3. The van der Waals surface area contributed by atoms with Gasteiger partial charge in [0.15, 0.2) is 0 Å². The van der Waals surface area contributed by atoms with Crippen LogP contribution in [0.5, 0.6) is 0 Å². The molecule has 7 nitrogen and oxygen atoms in total. The molecule has 0 aromatic heterocycles. The van der Waals surface area contributed by atoms with Gasteiger partial charge < -0.3 is 4.90 Å². The standard InChI is InChI=1S/C45H45N7/c1-4-52(5-2)41-28-26-40(27-29-41)49-51-45-31-30-44(42-8-6-7-9-43(42)45)50-48-39-24-22-38(23-25-39)47-46-37-20-18-36(19-21-37)35-16-14-34(15-17-35)33-12-10-32(3)11-13-33/h6-9,14-33H,4-5,10-13H2,1-3H3. The lowest BCUT2D eigenvalue weighted by molar-refractivity contribution is 0.348. The molecule has 0 spiro atoms. The highest BCUT2D eigenvalue weighted by Gasteiger charge is 2.19. The second-order valence-electron chi connectivity index (χ2n) is 13.6. The van der Waals surface area contributed by atoms with Gasteiger partial charge in [-0.25, -0.2) is 0 Å². The van der Waals surface area contributed by atoms with Crippen molar-refractivity contribution in [3.63, 3.8) is 0 Å². The Kier molecular flexibility index (Phi) is 11.0. The number of fused-ring (bicyclic) bond motifs is 1. The Hall–Kier alpha value is -5.82. The fourth-order valence-electron chi connectivity index (χ4n) is 6.95. The molecule has 1 fully saturated rings. The van der Waals surface area contributed by atoms with Gasteiger partial charge >= 0.3 is 0 Å². The molecule has 0 amide bonds. The highest BCUT2D eigenvalue weighted by Crippen LogP contribution is 2.37. The molecule has 6 aromatic carbocycles. The third kappa shape index (κ3) is 8.37. The van der Waals surface area contributed by atoms with Crippen LogP contribution in [0.4, 0.5) is 39.8 Å². The predicted molar refractivity (Wildman–Crippen MR) is 215 cm³/mol. The van der Waals surface area contributed by atoms with Crippen molar-refractivity contribution in [2.75, 3.05) is 18.0 Å². The van der Waals surface area contributed by atoms with E-state index >= 15 is 0 Å². The minimum atomic E-state index is 0.708. The number of rotatable bonds is 11. The van der Waals surface area contributed by atoms with E-state index in [2.05, 4.69) is 105 Å². The van der Waals surface area contributed by atoms with Crippen molar-refractivity contribution in [1.29, 1.82) is 0 Å². The summed E-state index contributed by atoms with van der Waals surface area (Å²) < 4.78 is 0. The summed E-state index contributed by atoms with van der Waals surface area (Å²) >= 11 is 0. The van der Waals surface area contributed by atoms with E-state index in [9.17, 15) is 0 Å². The molecule has 7 heteroatoms. The Morgan fingerprint density at radius 1 is 0.462 bits per heavy atom. The van der Waals surface area contributed by atoms with Crippen LogP contribution in [0, 0.1) is 5.92 Å². The lowest BCUT2D eigenvalue weighted by atomic mass is 9.79. The molecule has 6 aromatic rings. The van der Waals surface area contributed by atoms with Gasteiger partial charge in [-0.1, -0.05) is 80.4 Å². The number of hydrogen-bond acceptors (Lipinski definition) is 7. The fraction of sp³-hybridized carbons (Fsp3) is 0.244. The largest absolute Gasteiger partial charge is 0.372 e.